The monoisotopic (exact) mass is 327 g/mol. The number of carbonyl (C=O) groups excluding carboxylic acids is 1. The van der Waals surface area contributed by atoms with Crippen LogP contribution in [-0.4, -0.2) is 37.5 Å². The minimum atomic E-state index is -0.229. The van der Waals surface area contributed by atoms with Crippen molar-refractivity contribution in [2.45, 2.75) is 24.1 Å². The highest BCUT2D eigenvalue weighted by Gasteiger charge is 2.18. The van der Waals surface area contributed by atoms with Gasteiger partial charge in [-0.15, -0.1) is 0 Å². The van der Waals surface area contributed by atoms with E-state index in [0.717, 1.165) is 21.7 Å². The fraction of sp³-hybridized carbons (Fsp3) is 0.250. The van der Waals surface area contributed by atoms with Crippen molar-refractivity contribution in [3.05, 3.63) is 42.9 Å². The van der Waals surface area contributed by atoms with Crippen LogP contribution in [0.3, 0.4) is 0 Å². The van der Waals surface area contributed by atoms with E-state index in [0.29, 0.717) is 6.54 Å². The number of hydrogen-bond acceptors (Lipinski definition) is 5. The number of carbonyl (C=O) groups is 1. The molecule has 6 nitrogen and oxygen atoms in total. The molecule has 1 amide bonds. The quantitative estimate of drug-likeness (QED) is 0.575. The summed E-state index contributed by atoms with van der Waals surface area (Å²) in [6.07, 6.45) is 3.26. The predicted molar refractivity (Wildman–Crippen MR) is 90.7 cm³/mol. The number of nitrogens with one attached hydrogen (secondary N) is 1. The van der Waals surface area contributed by atoms with Crippen LogP contribution in [0.1, 0.15) is 13.8 Å². The van der Waals surface area contributed by atoms with E-state index >= 15 is 0 Å². The van der Waals surface area contributed by atoms with Gasteiger partial charge in [-0.2, -0.15) is 5.10 Å². The van der Waals surface area contributed by atoms with Gasteiger partial charge < -0.3 is 5.32 Å². The Kier molecular flexibility index (Phi) is 4.57. The molecule has 23 heavy (non-hydrogen) atoms. The molecule has 3 aromatic rings. The Morgan fingerprint density at radius 1 is 1.30 bits per heavy atom. The molecule has 1 unspecified atom stereocenters. The van der Waals surface area contributed by atoms with Gasteiger partial charge in [0.1, 0.15) is 11.4 Å². The molecular weight excluding hydrogens is 310 g/mol. The average Bonchev–Trinajstić information content (AvgIpc) is 3.01. The standard InChI is InChI=1S/C16H17N5OS/c1-3-17-15(22)11(2)23-16-13-9-20-21(14(13)18-10-19-16)12-7-5-4-6-8-12/h4-11H,3H2,1-2H3,(H,17,22). The highest BCUT2D eigenvalue weighted by molar-refractivity contribution is 8.00. The van der Waals surface area contributed by atoms with E-state index in [2.05, 4.69) is 20.4 Å². The second kappa shape index (κ2) is 6.78. The SMILES string of the molecule is CCNC(=O)C(C)Sc1ncnc2c1cnn2-c1ccccc1. The smallest absolute Gasteiger partial charge is 0.233 e. The third-order valence-corrected chi connectivity index (χ3v) is 4.45. The van der Waals surface area contributed by atoms with Crippen LogP contribution in [0.15, 0.2) is 47.9 Å². The fourth-order valence-electron chi connectivity index (χ4n) is 2.21. The van der Waals surface area contributed by atoms with Crippen LogP contribution in [-0.2, 0) is 4.79 Å². The zero-order valence-electron chi connectivity index (χ0n) is 12.9. The molecular formula is C16H17N5OS. The van der Waals surface area contributed by atoms with Gasteiger partial charge in [0.05, 0.1) is 22.5 Å². The minimum Gasteiger partial charge on any atom is -0.355 e. The topological polar surface area (TPSA) is 72.7 Å². The molecule has 2 heterocycles. The molecule has 0 aliphatic rings. The highest BCUT2D eigenvalue weighted by atomic mass is 32.2. The molecule has 3 rings (SSSR count). The molecule has 7 heteroatoms. The molecule has 0 bridgehead atoms. The normalized spacial score (nSPS) is 12.3. The zero-order chi connectivity index (χ0) is 16.2. The molecule has 0 saturated carbocycles. The molecule has 2 aromatic heterocycles. The Labute approximate surface area is 138 Å². The van der Waals surface area contributed by atoms with Crippen molar-refractivity contribution in [2.24, 2.45) is 0 Å². The van der Waals surface area contributed by atoms with Crippen molar-refractivity contribution in [1.29, 1.82) is 0 Å². The molecule has 118 valence electrons. The van der Waals surface area contributed by atoms with Crippen molar-refractivity contribution in [2.75, 3.05) is 6.54 Å². The lowest BCUT2D eigenvalue weighted by atomic mass is 10.3. The summed E-state index contributed by atoms with van der Waals surface area (Å²) in [6.45, 7) is 4.39. The van der Waals surface area contributed by atoms with E-state index in [9.17, 15) is 4.79 Å². The number of rotatable bonds is 5. The second-order valence-corrected chi connectivity index (χ2v) is 6.29. The van der Waals surface area contributed by atoms with Crippen LogP contribution >= 0.6 is 11.8 Å². The molecule has 0 saturated heterocycles. The van der Waals surface area contributed by atoms with Crippen molar-refractivity contribution in [3.8, 4) is 5.69 Å². The van der Waals surface area contributed by atoms with Crippen LogP contribution in [0.2, 0.25) is 0 Å². The summed E-state index contributed by atoms with van der Waals surface area (Å²) >= 11 is 1.41. The van der Waals surface area contributed by atoms with E-state index in [1.54, 1.807) is 10.9 Å². The average molecular weight is 327 g/mol. The maximum atomic E-state index is 11.9. The van der Waals surface area contributed by atoms with E-state index in [1.165, 1.54) is 18.1 Å². The van der Waals surface area contributed by atoms with E-state index in [-0.39, 0.29) is 11.2 Å². The van der Waals surface area contributed by atoms with Crippen LogP contribution < -0.4 is 5.32 Å². The second-order valence-electron chi connectivity index (χ2n) is 4.96. The van der Waals surface area contributed by atoms with Crippen molar-refractivity contribution in [3.63, 3.8) is 0 Å². The number of thioether (sulfide) groups is 1. The first kappa shape index (κ1) is 15.5. The largest absolute Gasteiger partial charge is 0.355 e. The number of hydrogen-bond donors (Lipinski definition) is 1. The summed E-state index contributed by atoms with van der Waals surface area (Å²) in [4.78, 5) is 20.6. The summed E-state index contributed by atoms with van der Waals surface area (Å²) in [6, 6.07) is 9.81. The molecule has 0 spiro atoms. The third kappa shape index (κ3) is 3.19. The van der Waals surface area contributed by atoms with Crippen molar-refractivity contribution >= 4 is 28.7 Å². The van der Waals surface area contributed by atoms with Crippen LogP contribution in [0.25, 0.3) is 16.7 Å². The molecule has 1 aromatic carbocycles. The molecule has 0 aliphatic carbocycles. The zero-order valence-corrected chi connectivity index (χ0v) is 13.7. The van der Waals surface area contributed by atoms with E-state index < -0.39 is 0 Å². The number of fused-ring (bicyclic) bond motifs is 1. The number of benzene rings is 1. The molecule has 1 atom stereocenters. The van der Waals surface area contributed by atoms with Crippen LogP contribution in [0.4, 0.5) is 0 Å². The first-order valence-electron chi connectivity index (χ1n) is 7.39. The van der Waals surface area contributed by atoms with Gasteiger partial charge in [-0.25, -0.2) is 14.6 Å². The summed E-state index contributed by atoms with van der Waals surface area (Å²) in [5, 5.41) is 8.61. The predicted octanol–water partition coefficient (Wildman–Crippen LogP) is 2.43. The van der Waals surface area contributed by atoms with Crippen LogP contribution in [0.5, 0.6) is 0 Å². The number of amides is 1. The Hall–Kier alpha value is -2.41. The maximum absolute atomic E-state index is 11.9. The first-order valence-corrected chi connectivity index (χ1v) is 8.27. The molecule has 0 fully saturated rings. The van der Waals surface area contributed by atoms with Gasteiger partial charge in [-0.1, -0.05) is 30.0 Å². The molecule has 1 N–H and O–H groups in total. The minimum absolute atomic E-state index is 0.000265. The van der Waals surface area contributed by atoms with Gasteiger partial charge in [0.15, 0.2) is 5.65 Å². The number of aromatic nitrogens is 4. The van der Waals surface area contributed by atoms with E-state index in [4.69, 9.17) is 0 Å². The van der Waals surface area contributed by atoms with Gasteiger partial charge in [-0.3, -0.25) is 4.79 Å². The summed E-state index contributed by atoms with van der Waals surface area (Å²) in [5.74, 6) is -0.000265. The lowest BCUT2D eigenvalue weighted by Gasteiger charge is -2.10. The highest BCUT2D eigenvalue weighted by Crippen LogP contribution is 2.28. The van der Waals surface area contributed by atoms with Crippen LogP contribution in [0, 0.1) is 0 Å². The summed E-state index contributed by atoms with van der Waals surface area (Å²) in [7, 11) is 0. The summed E-state index contributed by atoms with van der Waals surface area (Å²) < 4.78 is 1.78. The van der Waals surface area contributed by atoms with Gasteiger partial charge >= 0.3 is 0 Å². The van der Waals surface area contributed by atoms with Gasteiger partial charge in [-0.05, 0) is 26.0 Å². The fourth-order valence-corrected chi connectivity index (χ4v) is 3.12. The Morgan fingerprint density at radius 3 is 2.83 bits per heavy atom. The van der Waals surface area contributed by atoms with Gasteiger partial charge in [0.2, 0.25) is 5.91 Å². The van der Waals surface area contributed by atoms with E-state index in [1.807, 2.05) is 44.2 Å². The maximum Gasteiger partial charge on any atom is 0.233 e. The van der Waals surface area contributed by atoms with Crippen molar-refractivity contribution < 1.29 is 4.79 Å². The third-order valence-electron chi connectivity index (χ3n) is 3.34. The first-order chi connectivity index (χ1) is 11.2. The Morgan fingerprint density at radius 2 is 2.09 bits per heavy atom. The lowest BCUT2D eigenvalue weighted by molar-refractivity contribution is -0.120. The number of nitrogens with zero attached hydrogens (tertiary/aromatic N) is 4. The number of para-hydroxylation sites is 1. The lowest BCUT2D eigenvalue weighted by Crippen LogP contribution is -2.30. The molecule has 0 aliphatic heterocycles. The van der Waals surface area contributed by atoms with Gasteiger partial charge in [0.25, 0.3) is 0 Å². The van der Waals surface area contributed by atoms with Crippen molar-refractivity contribution in [1.82, 2.24) is 25.1 Å². The Bertz CT molecular complexity index is 818. The Balaban J connectivity index is 1.95. The summed E-state index contributed by atoms with van der Waals surface area (Å²) in [5.41, 5.74) is 1.67. The molecule has 0 radical (unpaired) electrons. The van der Waals surface area contributed by atoms with Gasteiger partial charge in [0, 0.05) is 6.54 Å².